The molecule has 0 fully saturated rings. The Labute approximate surface area is 118 Å². The Balaban J connectivity index is 0.000000408. The summed E-state index contributed by atoms with van der Waals surface area (Å²) in [4.78, 5) is 0. The summed E-state index contributed by atoms with van der Waals surface area (Å²) in [5, 5.41) is 3.36. The fourth-order valence-electron chi connectivity index (χ4n) is 3.74. The summed E-state index contributed by atoms with van der Waals surface area (Å²) in [5.41, 5.74) is 10.1. The highest BCUT2D eigenvalue weighted by Crippen LogP contribution is 2.38. The lowest BCUT2D eigenvalue weighted by molar-refractivity contribution is 0.790. The van der Waals surface area contributed by atoms with E-state index < -0.39 is 0 Å². The molecule has 0 bridgehead atoms. The van der Waals surface area contributed by atoms with Gasteiger partial charge in [0.15, 0.2) is 0 Å². The van der Waals surface area contributed by atoms with Gasteiger partial charge in [0.25, 0.3) is 0 Å². The Hall–Kier alpha value is -0.820. The summed E-state index contributed by atoms with van der Waals surface area (Å²) in [5.74, 6) is 0. The summed E-state index contributed by atoms with van der Waals surface area (Å²) in [7, 11) is 2.07. The zero-order valence-corrected chi connectivity index (χ0v) is 13.2. The molecule has 0 spiro atoms. The van der Waals surface area contributed by atoms with Gasteiger partial charge in [-0.3, -0.25) is 0 Å². The number of benzene rings is 1. The predicted molar refractivity (Wildman–Crippen MR) is 84.0 cm³/mol. The standard InChI is InChI=1S/C15H21N.C3H8/c1-10-11-5-3-7-13(11)15(9-16-2)14-8-4-6-12(10)14;1-3-2/h16H,3-9H2,1-2H3;3H2,1-2H3. The molecule has 0 amide bonds. The molecule has 0 atom stereocenters. The van der Waals surface area contributed by atoms with Crippen LogP contribution in [0.25, 0.3) is 0 Å². The summed E-state index contributed by atoms with van der Waals surface area (Å²) >= 11 is 0. The minimum atomic E-state index is 1.07. The molecule has 1 aromatic rings. The SMILES string of the molecule is CCC.CNCc1c2c(c(C)c3c1CCC3)CCC2. The monoisotopic (exact) mass is 259 g/mol. The van der Waals surface area contributed by atoms with Crippen LogP contribution in [0.2, 0.25) is 0 Å². The van der Waals surface area contributed by atoms with Crippen LogP contribution in [0.1, 0.15) is 66.5 Å². The van der Waals surface area contributed by atoms with Crippen molar-refractivity contribution in [2.75, 3.05) is 7.05 Å². The third kappa shape index (κ3) is 2.72. The Morgan fingerprint density at radius 2 is 1.26 bits per heavy atom. The quantitative estimate of drug-likeness (QED) is 0.843. The lowest BCUT2D eigenvalue weighted by Gasteiger charge is -2.18. The number of rotatable bonds is 2. The highest BCUT2D eigenvalue weighted by atomic mass is 14.8. The van der Waals surface area contributed by atoms with Crippen molar-refractivity contribution in [1.29, 1.82) is 0 Å². The smallest absolute Gasteiger partial charge is 0.0208 e. The largest absolute Gasteiger partial charge is 0.316 e. The Morgan fingerprint density at radius 1 is 0.842 bits per heavy atom. The highest BCUT2D eigenvalue weighted by molar-refractivity contribution is 5.55. The molecular weight excluding hydrogens is 230 g/mol. The number of hydrogen-bond donors (Lipinski definition) is 1. The van der Waals surface area contributed by atoms with Gasteiger partial charge in [-0.1, -0.05) is 20.3 Å². The van der Waals surface area contributed by atoms with Crippen molar-refractivity contribution >= 4 is 0 Å². The van der Waals surface area contributed by atoms with Gasteiger partial charge < -0.3 is 5.32 Å². The van der Waals surface area contributed by atoms with E-state index in [9.17, 15) is 0 Å². The van der Waals surface area contributed by atoms with Crippen LogP contribution in [0.4, 0.5) is 0 Å². The molecule has 106 valence electrons. The van der Waals surface area contributed by atoms with Crippen LogP contribution in [0.15, 0.2) is 0 Å². The van der Waals surface area contributed by atoms with Gasteiger partial charge in [-0.05, 0) is 85.9 Å². The fourth-order valence-corrected chi connectivity index (χ4v) is 3.74. The van der Waals surface area contributed by atoms with E-state index in [0.29, 0.717) is 0 Å². The lowest BCUT2D eigenvalue weighted by Crippen LogP contribution is -2.12. The molecule has 3 rings (SSSR count). The van der Waals surface area contributed by atoms with Gasteiger partial charge in [0.05, 0.1) is 0 Å². The van der Waals surface area contributed by atoms with E-state index in [1.54, 1.807) is 33.4 Å². The van der Waals surface area contributed by atoms with Crippen LogP contribution in [0, 0.1) is 6.92 Å². The van der Waals surface area contributed by atoms with Gasteiger partial charge in [-0.15, -0.1) is 0 Å². The number of hydrogen-bond acceptors (Lipinski definition) is 1. The second kappa shape index (κ2) is 6.56. The fraction of sp³-hybridized carbons (Fsp3) is 0.667. The Morgan fingerprint density at radius 3 is 1.68 bits per heavy atom. The van der Waals surface area contributed by atoms with E-state index in [-0.39, 0.29) is 0 Å². The average Bonchev–Trinajstić information content (AvgIpc) is 3.04. The van der Waals surface area contributed by atoms with Gasteiger partial charge in [0.2, 0.25) is 0 Å². The maximum absolute atomic E-state index is 3.36. The normalized spacial score (nSPS) is 15.8. The van der Waals surface area contributed by atoms with E-state index in [4.69, 9.17) is 0 Å². The van der Waals surface area contributed by atoms with Crippen molar-refractivity contribution in [3.05, 3.63) is 33.4 Å². The molecule has 0 heterocycles. The molecule has 1 aromatic carbocycles. The van der Waals surface area contributed by atoms with E-state index in [0.717, 1.165) is 6.54 Å². The molecular formula is C18H29N. The second-order valence-electron chi connectivity index (χ2n) is 5.96. The molecule has 2 aliphatic rings. The minimum absolute atomic E-state index is 1.07. The zero-order valence-electron chi connectivity index (χ0n) is 13.2. The van der Waals surface area contributed by atoms with Crippen molar-refractivity contribution in [2.45, 2.75) is 72.3 Å². The predicted octanol–water partition coefficient (Wildman–Crippen LogP) is 4.11. The van der Waals surface area contributed by atoms with E-state index in [2.05, 4.69) is 33.1 Å². The summed E-state index contributed by atoms with van der Waals surface area (Å²) in [6.45, 7) is 7.68. The van der Waals surface area contributed by atoms with Gasteiger partial charge in [-0.25, -0.2) is 0 Å². The van der Waals surface area contributed by atoms with Crippen molar-refractivity contribution in [3.8, 4) is 0 Å². The second-order valence-corrected chi connectivity index (χ2v) is 5.96. The first-order valence-corrected chi connectivity index (χ1v) is 8.04. The van der Waals surface area contributed by atoms with Crippen LogP contribution in [-0.2, 0) is 32.2 Å². The summed E-state index contributed by atoms with van der Waals surface area (Å²) in [6.07, 6.45) is 9.28. The van der Waals surface area contributed by atoms with Gasteiger partial charge >= 0.3 is 0 Å². The van der Waals surface area contributed by atoms with Gasteiger partial charge in [-0.2, -0.15) is 0 Å². The molecule has 1 heteroatoms. The maximum atomic E-state index is 3.36. The molecule has 0 saturated carbocycles. The summed E-state index contributed by atoms with van der Waals surface area (Å²) in [6, 6.07) is 0. The molecule has 0 aromatic heterocycles. The van der Waals surface area contributed by atoms with E-state index >= 15 is 0 Å². The van der Waals surface area contributed by atoms with Gasteiger partial charge in [0, 0.05) is 6.54 Å². The van der Waals surface area contributed by atoms with Crippen LogP contribution in [0.5, 0.6) is 0 Å². The van der Waals surface area contributed by atoms with Crippen LogP contribution in [0.3, 0.4) is 0 Å². The minimum Gasteiger partial charge on any atom is -0.316 e. The topological polar surface area (TPSA) is 12.0 Å². The molecule has 1 nitrogen and oxygen atoms in total. The molecule has 0 aliphatic heterocycles. The molecule has 0 radical (unpaired) electrons. The molecule has 1 N–H and O–H groups in total. The van der Waals surface area contributed by atoms with Crippen molar-refractivity contribution in [1.82, 2.24) is 5.32 Å². The first-order valence-electron chi connectivity index (χ1n) is 8.04. The summed E-state index contributed by atoms with van der Waals surface area (Å²) < 4.78 is 0. The Kier molecular flexibility index (Phi) is 5.04. The van der Waals surface area contributed by atoms with Crippen molar-refractivity contribution in [3.63, 3.8) is 0 Å². The first-order chi connectivity index (χ1) is 9.24. The molecule has 0 unspecified atom stereocenters. The lowest BCUT2D eigenvalue weighted by atomic mass is 9.89. The van der Waals surface area contributed by atoms with Crippen LogP contribution in [-0.4, -0.2) is 7.05 Å². The zero-order chi connectivity index (χ0) is 13.8. The molecule has 19 heavy (non-hydrogen) atoms. The van der Waals surface area contributed by atoms with Gasteiger partial charge in [0.1, 0.15) is 0 Å². The third-order valence-corrected chi connectivity index (χ3v) is 4.42. The van der Waals surface area contributed by atoms with E-state index in [1.165, 1.54) is 44.9 Å². The number of fused-ring (bicyclic) bond motifs is 2. The van der Waals surface area contributed by atoms with Crippen LogP contribution >= 0.6 is 0 Å². The first kappa shape index (κ1) is 14.6. The maximum Gasteiger partial charge on any atom is 0.0208 e. The number of nitrogens with one attached hydrogen (secondary N) is 1. The average molecular weight is 259 g/mol. The van der Waals surface area contributed by atoms with E-state index in [1.807, 2.05) is 0 Å². The molecule has 2 aliphatic carbocycles. The van der Waals surface area contributed by atoms with Crippen molar-refractivity contribution < 1.29 is 0 Å². The molecule has 0 saturated heterocycles. The highest BCUT2D eigenvalue weighted by Gasteiger charge is 2.25. The van der Waals surface area contributed by atoms with Crippen molar-refractivity contribution in [2.24, 2.45) is 0 Å². The van der Waals surface area contributed by atoms with Crippen LogP contribution < -0.4 is 5.32 Å². The Bertz CT molecular complexity index is 410. The third-order valence-electron chi connectivity index (χ3n) is 4.42.